The summed E-state index contributed by atoms with van der Waals surface area (Å²) in [6.45, 7) is 1.14. The number of methoxy groups -OCH3 is 1. The molecule has 0 atom stereocenters. The van der Waals surface area contributed by atoms with E-state index < -0.39 is 12.6 Å². The van der Waals surface area contributed by atoms with Crippen LogP contribution in [0.5, 0.6) is 5.75 Å². The van der Waals surface area contributed by atoms with Crippen molar-refractivity contribution >= 4 is 27.9 Å². The molecule has 1 aromatic heterocycles. The van der Waals surface area contributed by atoms with E-state index in [1.807, 2.05) is 6.92 Å². The summed E-state index contributed by atoms with van der Waals surface area (Å²) in [5.74, 6) is 5.92. The summed E-state index contributed by atoms with van der Waals surface area (Å²) in [5.41, 5.74) is 2.52. The highest BCUT2D eigenvalue weighted by Crippen LogP contribution is 2.33. The van der Waals surface area contributed by atoms with Crippen molar-refractivity contribution in [3.8, 4) is 28.7 Å². The van der Waals surface area contributed by atoms with E-state index in [0.29, 0.717) is 28.4 Å². The third kappa shape index (κ3) is 5.45. The predicted octanol–water partition coefficient (Wildman–Crippen LogP) is 4.32. The van der Waals surface area contributed by atoms with Crippen molar-refractivity contribution in [3.63, 3.8) is 0 Å². The van der Waals surface area contributed by atoms with Gasteiger partial charge in [-0.15, -0.1) is 0 Å². The molecule has 1 fully saturated rings. The number of pyridine rings is 1. The van der Waals surface area contributed by atoms with Crippen molar-refractivity contribution in [1.29, 1.82) is 10.8 Å². The maximum Gasteiger partial charge on any atom is 0.257 e. The lowest BCUT2D eigenvalue weighted by Crippen LogP contribution is -2.28. The molecule has 1 heterocycles. The fraction of sp³-hybridized carbons (Fsp3) is 0.273. The zero-order valence-corrected chi connectivity index (χ0v) is 17.5. The average Bonchev–Trinajstić information content (AvgIpc) is 3.56. The number of aromatic nitrogens is 1. The van der Waals surface area contributed by atoms with Crippen molar-refractivity contribution in [2.45, 2.75) is 26.4 Å². The number of nitrogens with zero attached hydrogens (tertiary/aromatic N) is 1. The van der Waals surface area contributed by atoms with Gasteiger partial charge in [0.1, 0.15) is 17.5 Å². The van der Waals surface area contributed by atoms with Crippen LogP contribution in [0.1, 0.15) is 34.5 Å². The Morgan fingerprint density at radius 3 is 2.77 bits per heavy atom. The Labute approximate surface area is 178 Å². The third-order valence-electron chi connectivity index (χ3n) is 4.39. The minimum Gasteiger partial charge on any atom is -0.494 e. The summed E-state index contributed by atoms with van der Waals surface area (Å²) in [6.07, 6.45) is 3.53. The van der Waals surface area contributed by atoms with Crippen molar-refractivity contribution in [2.24, 2.45) is 5.92 Å². The van der Waals surface area contributed by atoms with Gasteiger partial charge in [0.25, 0.3) is 5.91 Å². The quantitative estimate of drug-likeness (QED) is 0.387. The van der Waals surface area contributed by atoms with E-state index in [4.69, 9.17) is 15.6 Å². The van der Waals surface area contributed by atoms with Crippen LogP contribution in [0.15, 0.2) is 30.5 Å². The number of nitrogens with one attached hydrogen (secondary N) is 3. The van der Waals surface area contributed by atoms with Crippen molar-refractivity contribution in [1.82, 2.24) is 10.3 Å². The molecule has 1 aliphatic carbocycles. The van der Waals surface area contributed by atoms with Crippen LogP contribution in [0.4, 0.5) is 4.39 Å². The number of ether oxygens (including phenoxy) is 1. The first-order valence-corrected chi connectivity index (χ1v) is 10.1. The molecular formula is C22H21FN4O2S. The van der Waals surface area contributed by atoms with Gasteiger partial charge in [-0.25, -0.2) is 4.39 Å². The van der Waals surface area contributed by atoms with Gasteiger partial charge in [0.15, 0.2) is 5.17 Å². The number of rotatable bonds is 4. The first-order chi connectivity index (χ1) is 14.4. The number of halogens is 1. The number of benzene rings is 1. The molecule has 0 radical (unpaired) electrons. The number of alkyl halides is 1. The summed E-state index contributed by atoms with van der Waals surface area (Å²) in [7, 11) is 1.48. The summed E-state index contributed by atoms with van der Waals surface area (Å²) < 4.78 is 18.5. The number of hydrogen-bond donors (Lipinski definition) is 3. The van der Waals surface area contributed by atoms with Crippen LogP contribution in [0.25, 0.3) is 11.1 Å². The summed E-state index contributed by atoms with van der Waals surface area (Å²) in [4.78, 5) is 16.9. The van der Waals surface area contributed by atoms with E-state index in [2.05, 4.69) is 22.1 Å². The Morgan fingerprint density at radius 1 is 1.33 bits per heavy atom. The highest BCUT2D eigenvalue weighted by molar-refractivity contribution is 8.26. The van der Waals surface area contributed by atoms with E-state index >= 15 is 0 Å². The number of amidine groups is 1. The molecule has 3 N–H and O–H groups in total. The number of carbonyl (C=O) groups excluding carboxylic acids is 1. The molecule has 0 spiro atoms. The molecule has 0 bridgehead atoms. The fourth-order valence-corrected chi connectivity index (χ4v) is 3.19. The molecule has 1 amide bonds. The van der Waals surface area contributed by atoms with Crippen LogP contribution in [0.3, 0.4) is 0 Å². The predicted molar refractivity (Wildman–Crippen MR) is 117 cm³/mol. The molecule has 0 unspecified atom stereocenters. The van der Waals surface area contributed by atoms with Gasteiger partial charge in [0, 0.05) is 17.0 Å². The minimum atomic E-state index is -0.740. The van der Waals surface area contributed by atoms with Gasteiger partial charge in [-0.3, -0.25) is 20.6 Å². The lowest BCUT2D eigenvalue weighted by Gasteiger charge is -2.14. The van der Waals surface area contributed by atoms with Crippen LogP contribution < -0.4 is 10.1 Å². The third-order valence-corrected chi connectivity index (χ3v) is 5.00. The zero-order chi connectivity index (χ0) is 21.7. The van der Waals surface area contributed by atoms with Crippen molar-refractivity contribution < 1.29 is 13.9 Å². The second-order valence-corrected chi connectivity index (χ2v) is 7.84. The molecule has 8 heteroatoms. The molecule has 0 saturated heterocycles. The highest BCUT2D eigenvalue weighted by Gasteiger charge is 2.20. The van der Waals surface area contributed by atoms with E-state index in [0.717, 1.165) is 30.2 Å². The summed E-state index contributed by atoms with van der Waals surface area (Å²) in [5, 5.41) is 18.1. The normalized spacial score (nSPS) is 12.5. The van der Waals surface area contributed by atoms with Gasteiger partial charge >= 0.3 is 0 Å². The van der Waals surface area contributed by atoms with Crippen LogP contribution in [-0.4, -0.2) is 28.2 Å². The van der Waals surface area contributed by atoms with Gasteiger partial charge < -0.3 is 10.1 Å². The molecular weight excluding hydrogens is 403 g/mol. The lowest BCUT2D eigenvalue weighted by molar-refractivity contribution is 0.0978. The molecule has 3 rings (SSSR count). The van der Waals surface area contributed by atoms with Gasteiger partial charge in [-0.2, -0.15) is 0 Å². The van der Waals surface area contributed by atoms with Crippen molar-refractivity contribution in [2.75, 3.05) is 7.11 Å². The van der Waals surface area contributed by atoms with E-state index in [-0.39, 0.29) is 15.9 Å². The summed E-state index contributed by atoms with van der Waals surface area (Å²) in [6, 6.07) is 6.77. The van der Waals surface area contributed by atoms with Gasteiger partial charge in [-0.1, -0.05) is 23.6 Å². The maximum absolute atomic E-state index is 13.2. The number of hydrogen-bond acceptors (Lipinski definition) is 6. The largest absolute Gasteiger partial charge is 0.494 e. The number of thioether (sulfide) groups is 1. The smallest absolute Gasteiger partial charge is 0.257 e. The Balaban J connectivity index is 1.84. The molecule has 1 aliphatic rings. The Hall–Kier alpha value is -3.18. The maximum atomic E-state index is 13.2. The lowest BCUT2D eigenvalue weighted by atomic mass is 9.96. The SMILES string of the molecule is COc1cnc(CF)cc1-c1cc(C)ccc1C(=O)NC(=N)SC(=N)C#CC1CC1. The second kappa shape index (κ2) is 9.55. The van der Waals surface area contributed by atoms with Crippen LogP contribution in [-0.2, 0) is 6.67 Å². The van der Waals surface area contributed by atoms with Gasteiger partial charge in [0.05, 0.1) is 19.0 Å². The molecule has 1 saturated carbocycles. The topological polar surface area (TPSA) is 98.9 Å². The molecule has 0 aliphatic heterocycles. The van der Waals surface area contributed by atoms with E-state index in [1.165, 1.54) is 13.3 Å². The molecule has 30 heavy (non-hydrogen) atoms. The Bertz CT molecular complexity index is 1070. The molecule has 1 aromatic carbocycles. The van der Waals surface area contributed by atoms with Gasteiger partial charge in [0.2, 0.25) is 0 Å². The Kier molecular flexibility index (Phi) is 6.85. The first-order valence-electron chi connectivity index (χ1n) is 9.29. The van der Waals surface area contributed by atoms with Crippen LogP contribution >= 0.6 is 11.8 Å². The van der Waals surface area contributed by atoms with Gasteiger partial charge in [-0.05, 0) is 55.1 Å². The standard InChI is InChI=1S/C22H21FN4O2S/c1-13-3-7-16(17(9-13)18-10-15(11-23)26-12-19(18)29-2)21(28)27-22(25)30-20(24)8-6-14-4-5-14/h3,7,9-10,12,14,24H,4-5,11H2,1-2H3,(H2,25,27,28). The van der Waals surface area contributed by atoms with E-state index in [1.54, 1.807) is 24.3 Å². The fourth-order valence-electron chi connectivity index (χ4n) is 2.73. The van der Waals surface area contributed by atoms with Crippen LogP contribution in [0.2, 0.25) is 0 Å². The summed E-state index contributed by atoms with van der Waals surface area (Å²) >= 11 is 0.788. The molecule has 154 valence electrons. The van der Waals surface area contributed by atoms with E-state index in [9.17, 15) is 9.18 Å². The van der Waals surface area contributed by atoms with Crippen molar-refractivity contribution in [3.05, 3.63) is 47.3 Å². The minimum absolute atomic E-state index is 0.0136. The molecule has 6 nitrogen and oxygen atoms in total. The highest BCUT2D eigenvalue weighted by atomic mass is 32.2. The number of carbonyl (C=O) groups is 1. The Morgan fingerprint density at radius 2 is 2.10 bits per heavy atom. The number of aryl methyl sites for hydroxylation is 1. The second-order valence-electron chi connectivity index (χ2n) is 6.82. The first kappa shape index (κ1) is 21.5. The number of amides is 1. The van der Waals surface area contributed by atoms with Crippen LogP contribution in [0, 0.1) is 35.5 Å². The zero-order valence-electron chi connectivity index (χ0n) is 16.6. The average molecular weight is 425 g/mol. The monoisotopic (exact) mass is 424 g/mol. The molecule has 2 aromatic rings.